The molecule has 0 fully saturated rings. The third-order valence-corrected chi connectivity index (χ3v) is 2.80. The van der Waals surface area contributed by atoms with Crippen LogP contribution in [0.15, 0.2) is 12.1 Å². The first-order valence-corrected chi connectivity index (χ1v) is 5.53. The van der Waals surface area contributed by atoms with E-state index in [-0.39, 0.29) is 22.5 Å². The van der Waals surface area contributed by atoms with Crippen molar-refractivity contribution >= 4 is 15.9 Å². The molecule has 0 aliphatic rings. The number of rotatable bonds is 1. The molecule has 0 atom stereocenters. The molecule has 0 bridgehead atoms. The van der Waals surface area contributed by atoms with Gasteiger partial charge in [-0.3, -0.25) is 0 Å². The van der Waals surface area contributed by atoms with Gasteiger partial charge in [-0.05, 0) is 30.2 Å². The van der Waals surface area contributed by atoms with Crippen molar-refractivity contribution in [2.24, 2.45) is 0 Å². The van der Waals surface area contributed by atoms with E-state index in [1.165, 1.54) is 6.92 Å². The lowest BCUT2D eigenvalue weighted by atomic mass is 9.99. The van der Waals surface area contributed by atoms with Crippen LogP contribution in [0.1, 0.15) is 22.3 Å². The summed E-state index contributed by atoms with van der Waals surface area (Å²) in [7, 11) is 0. The summed E-state index contributed by atoms with van der Waals surface area (Å²) in [6, 6.07) is 0.857. The average molecular weight is 321 g/mol. The van der Waals surface area contributed by atoms with E-state index < -0.39 is 23.5 Å². The normalized spacial score (nSPS) is 12.9. The minimum absolute atomic E-state index is 0.0379. The highest BCUT2D eigenvalue weighted by molar-refractivity contribution is 9.08. The maximum atomic E-state index is 12.6. The summed E-state index contributed by atoms with van der Waals surface area (Å²) in [4.78, 5) is 0. The van der Waals surface area contributed by atoms with Crippen LogP contribution in [0.4, 0.5) is 26.3 Å². The molecule has 0 heterocycles. The fourth-order valence-electron chi connectivity index (χ4n) is 1.41. The molecular weight excluding hydrogens is 314 g/mol. The van der Waals surface area contributed by atoms with Crippen LogP contribution >= 0.6 is 15.9 Å². The molecule has 1 aromatic rings. The lowest BCUT2D eigenvalue weighted by Gasteiger charge is -2.17. The van der Waals surface area contributed by atoms with Crippen molar-refractivity contribution in [2.45, 2.75) is 24.6 Å². The van der Waals surface area contributed by atoms with Crippen LogP contribution in [0.5, 0.6) is 0 Å². The summed E-state index contributed by atoms with van der Waals surface area (Å²) in [6.07, 6.45) is -9.58. The second kappa shape index (κ2) is 4.51. The molecule has 7 heteroatoms. The Morgan fingerprint density at radius 3 is 1.88 bits per heavy atom. The molecule has 0 radical (unpaired) electrons. The van der Waals surface area contributed by atoms with Crippen molar-refractivity contribution in [2.75, 3.05) is 0 Å². The SMILES string of the molecule is Cc1cc(C(F)(F)F)cc(C(F)(F)F)c1CBr. The van der Waals surface area contributed by atoms with Crippen molar-refractivity contribution in [1.82, 2.24) is 0 Å². The summed E-state index contributed by atoms with van der Waals surface area (Å²) >= 11 is 2.85. The van der Waals surface area contributed by atoms with Gasteiger partial charge in [0.15, 0.2) is 0 Å². The van der Waals surface area contributed by atoms with Crippen molar-refractivity contribution in [3.05, 3.63) is 34.4 Å². The highest BCUT2D eigenvalue weighted by atomic mass is 79.9. The van der Waals surface area contributed by atoms with E-state index >= 15 is 0 Å². The molecule has 0 amide bonds. The standard InChI is InChI=1S/C10H7BrF6/c1-5-2-6(9(12,13)14)3-8(7(5)4-11)10(15,16)17/h2-3H,4H2,1H3. The second-order valence-electron chi connectivity index (χ2n) is 3.45. The Balaban J connectivity index is 3.51. The zero-order valence-electron chi connectivity index (χ0n) is 8.51. The van der Waals surface area contributed by atoms with E-state index in [0.717, 1.165) is 0 Å². The van der Waals surface area contributed by atoms with E-state index in [0.29, 0.717) is 6.07 Å². The molecule has 0 saturated heterocycles. The van der Waals surface area contributed by atoms with E-state index in [4.69, 9.17) is 0 Å². The van der Waals surface area contributed by atoms with E-state index in [1.807, 2.05) is 0 Å². The first-order chi connectivity index (χ1) is 7.57. The maximum absolute atomic E-state index is 12.6. The van der Waals surface area contributed by atoms with E-state index in [9.17, 15) is 26.3 Å². The van der Waals surface area contributed by atoms with Crippen molar-refractivity contribution < 1.29 is 26.3 Å². The molecular formula is C10H7BrF6. The molecule has 0 aliphatic heterocycles. The minimum Gasteiger partial charge on any atom is -0.166 e. The average Bonchev–Trinajstić information content (AvgIpc) is 2.13. The van der Waals surface area contributed by atoms with Crippen LogP contribution in [0, 0.1) is 6.92 Å². The van der Waals surface area contributed by atoms with Crippen LogP contribution in [0.3, 0.4) is 0 Å². The van der Waals surface area contributed by atoms with Gasteiger partial charge >= 0.3 is 12.4 Å². The molecule has 96 valence electrons. The topological polar surface area (TPSA) is 0 Å². The second-order valence-corrected chi connectivity index (χ2v) is 4.01. The van der Waals surface area contributed by atoms with Crippen LogP contribution in [-0.2, 0) is 17.7 Å². The van der Waals surface area contributed by atoms with Crippen LogP contribution in [-0.4, -0.2) is 0 Å². The Morgan fingerprint density at radius 2 is 1.53 bits per heavy atom. The molecule has 0 nitrogen and oxygen atoms in total. The molecule has 0 spiro atoms. The number of benzene rings is 1. The van der Waals surface area contributed by atoms with Crippen molar-refractivity contribution in [3.8, 4) is 0 Å². The summed E-state index contributed by atoms with van der Waals surface area (Å²) < 4.78 is 75.0. The number of aryl methyl sites for hydroxylation is 1. The lowest BCUT2D eigenvalue weighted by molar-refractivity contribution is -0.143. The third-order valence-electron chi connectivity index (χ3n) is 2.24. The summed E-state index contributed by atoms with van der Waals surface area (Å²) in [6.45, 7) is 1.22. The highest BCUT2D eigenvalue weighted by Crippen LogP contribution is 2.39. The first-order valence-electron chi connectivity index (χ1n) is 4.41. The first kappa shape index (κ1) is 14.3. The van der Waals surface area contributed by atoms with Gasteiger partial charge < -0.3 is 0 Å². The Morgan fingerprint density at radius 1 is 1.00 bits per heavy atom. The Labute approximate surface area is 102 Å². The fourth-order valence-corrected chi connectivity index (χ4v) is 2.16. The van der Waals surface area contributed by atoms with Gasteiger partial charge in [0.2, 0.25) is 0 Å². The van der Waals surface area contributed by atoms with Crippen molar-refractivity contribution in [3.63, 3.8) is 0 Å². The van der Waals surface area contributed by atoms with Gasteiger partial charge in [0, 0.05) is 5.33 Å². The quantitative estimate of drug-likeness (QED) is 0.508. The van der Waals surface area contributed by atoms with E-state index in [2.05, 4.69) is 15.9 Å². The number of halogens is 7. The fraction of sp³-hybridized carbons (Fsp3) is 0.400. The minimum atomic E-state index is -4.80. The summed E-state index contributed by atoms with van der Waals surface area (Å²) in [5.41, 5.74) is -2.75. The molecule has 0 saturated carbocycles. The zero-order chi connectivity index (χ0) is 13.4. The Kier molecular flexibility index (Phi) is 3.81. The highest BCUT2D eigenvalue weighted by Gasteiger charge is 2.38. The van der Waals surface area contributed by atoms with Gasteiger partial charge in [0.05, 0.1) is 11.1 Å². The van der Waals surface area contributed by atoms with Gasteiger partial charge in [-0.15, -0.1) is 0 Å². The Hall–Kier alpha value is -0.720. The summed E-state index contributed by atoms with van der Waals surface area (Å²) in [5.74, 6) is 0. The molecule has 1 rings (SSSR count). The predicted octanol–water partition coefficient (Wildman–Crippen LogP) is 4.93. The number of hydrogen-bond acceptors (Lipinski definition) is 0. The smallest absolute Gasteiger partial charge is 0.166 e. The zero-order valence-corrected chi connectivity index (χ0v) is 10.1. The number of hydrogen-bond donors (Lipinski definition) is 0. The van der Waals surface area contributed by atoms with Crippen LogP contribution in [0.2, 0.25) is 0 Å². The monoisotopic (exact) mass is 320 g/mol. The molecule has 0 aromatic heterocycles. The van der Waals surface area contributed by atoms with Crippen molar-refractivity contribution in [1.29, 1.82) is 0 Å². The largest absolute Gasteiger partial charge is 0.416 e. The van der Waals surface area contributed by atoms with Gasteiger partial charge in [-0.25, -0.2) is 0 Å². The Bertz CT molecular complexity index is 418. The van der Waals surface area contributed by atoms with Crippen LogP contribution < -0.4 is 0 Å². The third kappa shape index (κ3) is 3.14. The number of alkyl halides is 7. The molecule has 0 aliphatic carbocycles. The molecule has 17 heavy (non-hydrogen) atoms. The maximum Gasteiger partial charge on any atom is 0.416 e. The lowest BCUT2D eigenvalue weighted by Crippen LogP contribution is -2.14. The van der Waals surface area contributed by atoms with Gasteiger partial charge in [-0.1, -0.05) is 15.9 Å². The molecule has 1 aromatic carbocycles. The van der Waals surface area contributed by atoms with Gasteiger partial charge in [-0.2, -0.15) is 26.3 Å². The predicted molar refractivity (Wildman–Crippen MR) is 53.8 cm³/mol. The molecule has 0 unspecified atom stereocenters. The van der Waals surface area contributed by atoms with Gasteiger partial charge in [0.1, 0.15) is 0 Å². The molecule has 0 N–H and O–H groups in total. The van der Waals surface area contributed by atoms with Gasteiger partial charge in [0.25, 0.3) is 0 Å². The summed E-state index contributed by atoms with van der Waals surface area (Å²) in [5, 5.41) is -0.147. The van der Waals surface area contributed by atoms with E-state index in [1.54, 1.807) is 0 Å². The van der Waals surface area contributed by atoms with Crippen LogP contribution in [0.25, 0.3) is 0 Å².